The van der Waals surface area contributed by atoms with Gasteiger partial charge in [0.05, 0.1) is 49.3 Å². The highest BCUT2D eigenvalue weighted by molar-refractivity contribution is 5.92. The van der Waals surface area contributed by atoms with Gasteiger partial charge in [0.2, 0.25) is 6.29 Å². The minimum Gasteiger partial charge on any atom is -0.478 e. The van der Waals surface area contributed by atoms with Crippen LogP contribution in [0.2, 0.25) is 0 Å². The number of carboxylic acid groups (broad SMARTS) is 1. The van der Waals surface area contributed by atoms with Crippen molar-refractivity contribution in [2.45, 2.75) is 50.3 Å². The van der Waals surface area contributed by atoms with Gasteiger partial charge >= 0.3 is 11.9 Å². The number of esters is 1. The van der Waals surface area contributed by atoms with Crippen LogP contribution in [0.5, 0.6) is 0 Å². The van der Waals surface area contributed by atoms with Crippen LogP contribution in [0.3, 0.4) is 0 Å². The van der Waals surface area contributed by atoms with E-state index in [4.69, 9.17) is 34.5 Å². The molecule has 0 radical (unpaired) electrons. The van der Waals surface area contributed by atoms with Crippen LogP contribution < -0.4 is 16.0 Å². The maximum absolute atomic E-state index is 12.9. The molecule has 0 saturated carbocycles. The zero-order valence-electron chi connectivity index (χ0n) is 26.9. The number of carbonyl (C=O) groups is 2. The predicted octanol–water partition coefficient (Wildman–Crippen LogP) is -3.36. The molecule has 268 valence electrons. The fraction of sp³-hybridized carbons (Fsp3) is 0.581. The summed E-state index contributed by atoms with van der Waals surface area (Å²) >= 11 is 0. The molecule has 0 amide bonds. The van der Waals surface area contributed by atoms with Gasteiger partial charge in [-0.25, -0.2) is 9.59 Å². The molecule has 1 unspecified atom stereocenters. The number of aliphatic hydroxyl groups excluding tert-OH is 5. The first-order valence-electron chi connectivity index (χ1n) is 15.5. The van der Waals surface area contributed by atoms with Crippen molar-refractivity contribution in [1.82, 2.24) is 5.32 Å². The number of guanidine groups is 1. The normalized spacial score (nSPS) is 31.1. The first kappa shape index (κ1) is 38.8. The number of aliphatic hydroxyl groups is 5. The monoisotopic (exact) mass is 683 g/mol. The molecule has 17 heteroatoms. The second kappa shape index (κ2) is 18.8. The number of nitrogens with one attached hydrogen (secondary N) is 2. The van der Waals surface area contributed by atoms with Crippen LogP contribution in [0.4, 0.5) is 0 Å². The maximum Gasteiger partial charge on any atom is 0.339 e. The summed E-state index contributed by atoms with van der Waals surface area (Å²) in [6.07, 6.45) is 0.0982. The van der Waals surface area contributed by atoms with Crippen molar-refractivity contribution < 1.29 is 68.8 Å². The van der Waals surface area contributed by atoms with Crippen molar-refractivity contribution in [3.63, 3.8) is 0 Å². The van der Waals surface area contributed by atoms with Gasteiger partial charge in [0.25, 0.3) is 0 Å². The van der Waals surface area contributed by atoms with Gasteiger partial charge in [-0.2, -0.15) is 0 Å². The minimum absolute atomic E-state index is 0.0209. The van der Waals surface area contributed by atoms with Crippen molar-refractivity contribution in [3.8, 4) is 0 Å². The molecule has 3 aliphatic rings. The van der Waals surface area contributed by atoms with Gasteiger partial charge in [-0.05, 0) is 13.3 Å². The number of rotatable bonds is 16. The molecule has 0 aromatic heterocycles. The molecular formula is C31H47N4O13+. The van der Waals surface area contributed by atoms with Crippen molar-refractivity contribution >= 4 is 17.9 Å². The lowest BCUT2D eigenvalue weighted by molar-refractivity contribution is -0.843. The van der Waals surface area contributed by atoms with E-state index in [-0.39, 0.29) is 62.3 Å². The summed E-state index contributed by atoms with van der Waals surface area (Å²) in [7, 11) is 1.20. The van der Waals surface area contributed by atoms with Crippen molar-refractivity contribution in [3.05, 3.63) is 59.7 Å². The molecule has 1 fully saturated rings. The molecule has 17 nitrogen and oxygen atoms in total. The summed E-state index contributed by atoms with van der Waals surface area (Å²) in [5.74, 6) is -3.66. The SMILES string of the molecule is C=C[C@H]1[C@H](O[C@@H]2O[C@H](CO)[C@@H](O)[C@H](O)[C@H]2OCC)OC=C(C(=O)OC)[C@H]1/C=C/C1=C[NH+](CCO)CC(C(=O)O)=C1NC(N)=NCCCO. The van der Waals surface area contributed by atoms with Gasteiger partial charge in [-0.15, -0.1) is 6.58 Å². The average Bonchev–Trinajstić information content (AvgIpc) is 3.07. The zero-order chi connectivity index (χ0) is 35.4. The number of quaternary nitrogens is 1. The molecule has 0 aromatic carbocycles. The lowest BCUT2D eigenvalue weighted by Gasteiger charge is -2.44. The van der Waals surface area contributed by atoms with E-state index in [9.17, 15) is 35.1 Å². The number of hydrogen-bond acceptors (Lipinski definition) is 13. The molecule has 3 heterocycles. The van der Waals surface area contributed by atoms with E-state index in [0.717, 1.165) is 6.26 Å². The Kier molecular flexibility index (Phi) is 15.2. The van der Waals surface area contributed by atoms with E-state index in [2.05, 4.69) is 16.9 Å². The summed E-state index contributed by atoms with van der Waals surface area (Å²) in [6.45, 7) is 5.19. The second-order valence-electron chi connectivity index (χ2n) is 11.1. The van der Waals surface area contributed by atoms with Gasteiger partial charge in [0.1, 0.15) is 49.3 Å². The highest BCUT2D eigenvalue weighted by Crippen LogP contribution is 2.37. The standard InChI is InChI=1S/C31H46N4O13/c1-4-18-19(8-7-17-13-35(10-12-37)14-20(27(41)42)23(17)34-31(32)33-9-6-11-36)21(28(43)44-3)16-46-29(18)48-30-26(45-5-2)25(40)24(39)22(15-38)47-30/h4,7-8,13,16,18-19,22,24-26,29-30,36-40H,1,5-6,9-12,14-15H2,2-3H3,(H,41,42)(H3,32,33,34)/p+1/b8-7+/t18-,19+,22-,24-,25+,26-,29+,30+/m1/s1. The maximum atomic E-state index is 12.9. The van der Waals surface area contributed by atoms with Gasteiger partial charge in [0, 0.05) is 25.7 Å². The van der Waals surface area contributed by atoms with E-state index < -0.39 is 67.4 Å². The Morgan fingerprint density at radius 3 is 2.56 bits per heavy atom. The second-order valence-corrected chi connectivity index (χ2v) is 11.1. The first-order valence-corrected chi connectivity index (χ1v) is 15.5. The Balaban J connectivity index is 2.03. The Labute approximate surface area is 277 Å². The first-order chi connectivity index (χ1) is 23.0. The Morgan fingerprint density at radius 2 is 1.96 bits per heavy atom. The average molecular weight is 684 g/mol. The molecule has 0 aromatic rings. The number of carbonyl (C=O) groups excluding carboxylic acids is 1. The molecule has 9 atom stereocenters. The summed E-state index contributed by atoms with van der Waals surface area (Å²) in [5, 5.41) is 62.4. The third-order valence-electron chi connectivity index (χ3n) is 7.94. The fourth-order valence-electron chi connectivity index (χ4n) is 5.51. The van der Waals surface area contributed by atoms with E-state index in [0.29, 0.717) is 16.9 Å². The number of nitrogens with zero attached hydrogens (tertiary/aromatic N) is 1. The molecular weight excluding hydrogens is 636 g/mol. The van der Waals surface area contributed by atoms with Crippen LogP contribution in [0, 0.1) is 11.8 Å². The fourth-order valence-corrected chi connectivity index (χ4v) is 5.51. The highest BCUT2D eigenvalue weighted by atomic mass is 16.8. The van der Waals surface area contributed by atoms with Gasteiger partial charge in [-0.3, -0.25) is 4.99 Å². The third kappa shape index (κ3) is 9.49. The van der Waals surface area contributed by atoms with Gasteiger partial charge in [0.15, 0.2) is 12.2 Å². The molecule has 0 bridgehead atoms. The number of nitrogens with two attached hydrogens (primary N) is 1. The number of allylic oxidation sites excluding steroid dienone is 2. The van der Waals surface area contributed by atoms with Crippen LogP contribution in [0.25, 0.3) is 0 Å². The van der Waals surface area contributed by atoms with E-state index in [1.54, 1.807) is 25.3 Å². The predicted molar refractivity (Wildman–Crippen MR) is 167 cm³/mol. The molecule has 0 spiro atoms. The summed E-state index contributed by atoms with van der Waals surface area (Å²) in [6, 6.07) is 0. The Morgan fingerprint density at radius 1 is 1.21 bits per heavy atom. The third-order valence-corrected chi connectivity index (χ3v) is 7.94. The molecule has 3 rings (SSSR count). The van der Waals surface area contributed by atoms with E-state index in [1.807, 2.05) is 0 Å². The Hall–Kier alpha value is -3.65. The number of hydrogen-bond donors (Lipinski definition) is 9. The van der Waals surface area contributed by atoms with Crippen LogP contribution in [-0.2, 0) is 33.3 Å². The van der Waals surface area contributed by atoms with Crippen molar-refractivity contribution in [2.75, 3.05) is 53.2 Å². The Bertz CT molecular complexity index is 1280. The quantitative estimate of drug-likeness (QED) is 0.0253. The number of ether oxygens (including phenoxy) is 5. The van der Waals surface area contributed by atoms with Gasteiger partial charge in [-0.1, -0.05) is 18.2 Å². The number of methoxy groups -OCH3 is 1. The van der Waals surface area contributed by atoms with E-state index in [1.165, 1.54) is 13.2 Å². The molecule has 3 aliphatic heterocycles. The molecule has 10 N–H and O–H groups in total. The molecule has 0 aliphatic carbocycles. The zero-order valence-corrected chi connectivity index (χ0v) is 26.9. The summed E-state index contributed by atoms with van der Waals surface area (Å²) in [4.78, 5) is 30.0. The summed E-state index contributed by atoms with van der Waals surface area (Å²) < 4.78 is 28.2. The summed E-state index contributed by atoms with van der Waals surface area (Å²) in [5.41, 5.74) is 6.58. The van der Waals surface area contributed by atoms with Crippen LogP contribution in [0.1, 0.15) is 13.3 Å². The molecule has 1 saturated heterocycles. The lowest BCUT2D eigenvalue weighted by atomic mass is 9.83. The lowest BCUT2D eigenvalue weighted by Crippen LogP contribution is -3.09. The number of carboxylic acids is 1. The largest absolute Gasteiger partial charge is 0.478 e. The van der Waals surface area contributed by atoms with Crippen LogP contribution in [-0.4, -0.2) is 139 Å². The van der Waals surface area contributed by atoms with Crippen LogP contribution in [0.15, 0.2) is 64.7 Å². The topological polar surface area (TPSA) is 257 Å². The number of aliphatic imine (C=N–C) groups is 1. The minimum atomic E-state index is -1.47. The van der Waals surface area contributed by atoms with Crippen molar-refractivity contribution in [2.24, 2.45) is 22.6 Å². The molecule has 48 heavy (non-hydrogen) atoms. The van der Waals surface area contributed by atoms with Crippen molar-refractivity contribution in [1.29, 1.82) is 0 Å². The van der Waals surface area contributed by atoms with E-state index >= 15 is 0 Å². The van der Waals surface area contributed by atoms with Crippen LogP contribution >= 0.6 is 0 Å². The number of aliphatic carboxylic acids is 1. The van der Waals surface area contributed by atoms with Gasteiger partial charge < -0.3 is 70.3 Å². The smallest absolute Gasteiger partial charge is 0.339 e. The highest BCUT2D eigenvalue weighted by Gasteiger charge is 2.48.